The van der Waals surface area contributed by atoms with Crippen molar-refractivity contribution in [2.45, 2.75) is 6.54 Å². The Morgan fingerprint density at radius 2 is 2.19 bits per heavy atom. The second-order valence-electron chi connectivity index (χ2n) is 3.63. The number of rotatable bonds is 0. The van der Waals surface area contributed by atoms with Gasteiger partial charge in [0.1, 0.15) is 0 Å². The normalized spacial score (nSPS) is 14.8. The highest BCUT2D eigenvalue weighted by atomic mass is 16.2. The molecule has 8 nitrogen and oxygen atoms in total. The van der Waals surface area contributed by atoms with E-state index >= 15 is 0 Å². The van der Waals surface area contributed by atoms with Gasteiger partial charge in [0.15, 0.2) is 11.2 Å². The Hall–Kier alpha value is -2.09. The number of aryl methyl sites for hydroxylation is 1. The number of H-pyrrole nitrogens is 1. The Kier molecular flexibility index (Phi) is 1.69. The number of imidazole rings is 1. The Morgan fingerprint density at radius 3 is 3.00 bits per heavy atom. The van der Waals surface area contributed by atoms with Gasteiger partial charge in [0, 0.05) is 20.1 Å². The summed E-state index contributed by atoms with van der Waals surface area (Å²) in [6.45, 7) is 1.33. The van der Waals surface area contributed by atoms with E-state index < -0.39 is 11.2 Å². The molecule has 0 unspecified atom stereocenters. The zero-order valence-electron chi connectivity index (χ0n) is 8.57. The molecule has 0 aromatic carbocycles. The maximum Gasteiger partial charge on any atom is 0.329 e. The lowest BCUT2D eigenvalue weighted by Gasteiger charge is -2.16. The minimum absolute atomic E-state index is 0.389. The van der Waals surface area contributed by atoms with Crippen LogP contribution in [0, 0.1) is 0 Å². The van der Waals surface area contributed by atoms with Crippen molar-refractivity contribution in [1.82, 2.24) is 24.5 Å². The fraction of sp³-hybridized carbons (Fsp3) is 0.375. The number of hydrogen-bond acceptors (Lipinski definition) is 5. The molecule has 3 rings (SSSR count). The van der Waals surface area contributed by atoms with Crippen molar-refractivity contribution in [3.8, 4) is 0 Å². The van der Waals surface area contributed by atoms with Gasteiger partial charge >= 0.3 is 5.69 Å². The average molecular weight is 222 g/mol. The molecule has 0 amide bonds. The van der Waals surface area contributed by atoms with Gasteiger partial charge < -0.3 is 4.57 Å². The van der Waals surface area contributed by atoms with E-state index in [4.69, 9.17) is 0 Å². The molecule has 0 atom stereocenters. The van der Waals surface area contributed by atoms with E-state index in [-0.39, 0.29) is 0 Å². The second kappa shape index (κ2) is 2.95. The van der Waals surface area contributed by atoms with Crippen LogP contribution in [-0.2, 0) is 13.6 Å². The van der Waals surface area contributed by atoms with Crippen LogP contribution in [-0.4, -0.2) is 25.6 Å². The zero-order chi connectivity index (χ0) is 11.3. The topological polar surface area (TPSA) is 96.7 Å². The van der Waals surface area contributed by atoms with Crippen LogP contribution in [0.1, 0.15) is 0 Å². The Morgan fingerprint density at radius 1 is 1.38 bits per heavy atom. The molecule has 0 radical (unpaired) electrons. The van der Waals surface area contributed by atoms with E-state index in [1.807, 2.05) is 0 Å². The van der Waals surface area contributed by atoms with Crippen molar-refractivity contribution >= 4 is 17.1 Å². The minimum Gasteiger partial charge on any atom is -0.302 e. The summed E-state index contributed by atoms with van der Waals surface area (Å²) in [5.74, 6) is 0.549. The van der Waals surface area contributed by atoms with E-state index in [0.717, 1.165) is 0 Å². The molecule has 1 aliphatic heterocycles. The molecular weight excluding hydrogens is 212 g/mol. The number of hydrazine groups is 1. The van der Waals surface area contributed by atoms with E-state index in [9.17, 15) is 9.59 Å². The third-order valence-corrected chi connectivity index (χ3v) is 2.67. The van der Waals surface area contributed by atoms with Crippen LogP contribution in [0.3, 0.4) is 0 Å². The molecule has 0 saturated heterocycles. The molecule has 0 bridgehead atoms. The van der Waals surface area contributed by atoms with Crippen LogP contribution >= 0.6 is 0 Å². The van der Waals surface area contributed by atoms with Gasteiger partial charge in [0.25, 0.3) is 5.56 Å². The fourth-order valence-electron chi connectivity index (χ4n) is 1.86. The summed E-state index contributed by atoms with van der Waals surface area (Å²) in [6.07, 6.45) is 0. The first-order chi connectivity index (χ1) is 7.68. The third-order valence-electron chi connectivity index (χ3n) is 2.67. The summed E-state index contributed by atoms with van der Waals surface area (Å²) in [6, 6.07) is 0. The SMILES string of the molecule is Cn1c(=O)[nH]c(=O)c2c1nc1n2CCNN1. The Bertz CT molecular complexity index is 678. The quantitative estimate of drug-likeness (QED) is 0.496. The predicted octanol–water partition coefficient (Wildman–Crippen LogP) is -1.65. The van der Waals surface area contributed by atoms with E-state index in [1.165, 1.54) is 4.57 Å². The van der Waals surface area contributed by atoms with Gasteiger partial charge in [-0.25, -0.2) is 10.2 Å². The molecule has 3 N–H and O–H groups in total. The molecule has 0 fully saturated rings. The van der Waals surface area contributed by atoms with Gasteiger partial charge in [-0.2, -0.15) is 4.98 Å². The molecule has 2 aromatic rings. The van der Waals surface area contributed by atoms with Crippen LogP contribution in [0.15, 0.2) is 9.59 Å². The Balaban J connectivity index is 2.52. The van der Waals surface area contributed by atoms with Crippen LogP contribution in [0.4, 0.5) is 5.95 Å². The van der Waals surface area contributed by atoms with E-state index in [1.54, 1.807) is 11.6 Å². The third kappa shape index (κ3) is 1.04. The van der Waals surface area contributed by atoms with Gasteiger partial charge in [-0.3, -0.25) is 19.8 Å². The molecule has 0 aliphatic carbocycles. The summed E-state index contributed by atoms with van der Waals surface area (Å²) in [5, 5.41) is 0. The maximum absolute atomic E-state index is 11.7. The first-order valence-corrected chi connectivity index (χ1v) is 4.87. The molecule has 16 heavy (non-hydrogen) atoms. The lowest BCUT2D eigenvalue weighted by molar-refractivity contribution is 0.603. The number of nitrogens with one attached hydrogen (secondary N) is 3. The van der Waals surface area contributed by atoms with Crippen molar-refractivity contribution in [1.29, 1.82) is 0 Å². The number of anilines is 1. The van der Waals surface area contributed by atoms with Crippen LogP contribution in [0.5, 0.6) is 0 Å². The number of hydrogen-bond donors (Lipinski definition) is 3. The number of aromatic nitrogens is 4. The largest absolute Gasteiger partial charge is 0.329 e. The van der Waals surface area contributed by atoms with Crippen molar-refractivity contribution in [2.75, 3.05) is 12.0 Å². The van der Waals surface area contributed by atoms with Gasteiger partial charge in [0.2, 0.25) is 5.95 Å². The van der Waals surface area contributed by atoms with Crippen molar-refractivity contribution in [3.05, 3.63) is 20.8 Å². The highest BCUT2D eigenvalue weighted by molar-refractivity contribution is 5.74. The monoisotopic (exact) mass is 222 g/mol. The van der Waals surface area contributed by atoms with Crippen molar-refractivity contribution < 1.29 is 0 Å². The molecule has 3 heterocycles. The van der Waals surface area contributed by atoms with E-state index in [2.05, 4.69) is 20.8 Å². The predicted molar refractivity (Wildman–Crippen MR) is 57.2 cm³/mol. The summed E-state index contributed by atoms with van der Waals surface area (Å²) in [4.78, 5) is 29.6. The maximum atomic E-state index is 11.7. The Labute approximate surface area is 88.9 Å². The molecule has 8 heteroatoms. The molecule has 84 valence electrons. The van der Waals surface area contributed by atoms with Gasteiger partial charge in [0.05, 0.1) is 0 Å². The van der Waals surface area contributed by atoms with E-state index in [0.29, 0.717) is 30.2 Å². The lowest BCUT2D eigenvalue weighted by Crippen LogP contribution is -2.34. The number of fused-ring (bicyclic) bond motifs is 3. The molecule has 2 aromatic heterocycles. The van der Waals surface area contributed by atoms with Gasteiger partial charge in [-0.05, 0) is 0 Å². The zero-order valence-corrected chi connectivity index (χ0v) is 8.57. The number of aromatic amines is 1. The molecule has 0 spiro atoms. The van der Waals surface area contributed by atoms with Crippen LogP contribution < -0.4 is 22.1 Å². The minimum atomic E-state index is -0.457. The van der Waals surface area contributed by atoms with Crippen LogP contribution in [0.2, 0.25) is 0 Å². The number of nitrogens with zero attached hydrogens (tertiary/aromatic N) is 3. The average Bonchev–Trinajstić information content (AvgIpc) is 2.65. The first kappa shape index (κ1) is 9.16. The van der Waals surface area contributed by atoms with Gasteiger partial charge in [-0.1, -0.05) is 0 Å². The smallest absolute Gasteiger partial charge is 0.302 e. The molecular formula is C8H10N6O2. The van der Waals surface area contributed by atoms with Crippen molar-refractivity contribution in [2.24, 2.45) is 7.05 Å². The highest BCUT2D eigenvalue weighted by Gasteiger charge is 2.18. The molecule has 0 saturated carbocycles. The first-order valence-electron chi connectivity index (χ1n) is 4.87. The lowest BCUT2D eigenvalue weighted by atomic mass is 10.5. The highest BCUT2D eigenvalue weighted by Crippen LogP contribution is 2.15. The fourth-order valence-corrected chi connectivity index (χ4v) is 1.86. The van der Waals surface area contributed by atoms with Crippen molar-refractivity contribution in [3.63, 3.8) is 0 Å². The standard InChI is InChI=1S/C8H10N6O2/c1-13-5-4(6(15)11-8(13)16)14-3-2-9-12-7(14)10-5/h9H,2-3H2,1H3,(H,10,12)(H,11,15,16). The summed E-state index contributed by atoms with van der Waals surface area (Å²) in [7, 11) is 1.58. The summed E-state index contributed by atoms with van der Waals surface area (Å²) in [5.41, 5.74) is 5.73. The summed E-state index contributed by atoms with van der Waals surface area (Å²) < 4.78 is 3.08. The van der Waals surface area contributed by atoms with Gasteiger partial charge in [-0.15, -0.1) is 0 Å². The van der Waals surface area contributed by atoms with Crippen LogP contribution in [0.25, 0.3) is 11.2 Å². The summed E-state index contributed by atoms with van der Waals surface area (Å²) >= 11 is 0. The molecule has 1 aliphatic rings. The second-order valence-corrected chi connectivity index (χ2v) is 3.63.